The molecule has 1 aliphatic heterocycles. The number of aliphatic hydroxyl groups is 1. The Hall–Kier alpha value is -1.96. The van der Waals surface area contributed by atoms with Gasteiger partial charge in [-0.15, -0.1) is 13.2 Å². The smallest absolute Gasteiger partial charge is 0.406 e. The van der Waals surface area contributed by atoms with Crippen LogP contribution in [0.1, 0.15) is 6.42 Å². The van der Waals surface area contributed by atoms with E-state index in [1.807, 2.05) is 0 Å². The zero-order chi connectivity index (χ0) is 14.8. The third-order valence-corrected chi connectivity index (χ3v) is 2.79. The Kier molecular flexibility index (Phi) is 4.03. The van der Waals surface area contributed by atoms with Gasteiger partial charge in [0.25, 0.3) is 0 Å². The number of anilines is 1. The van der Waals surface area contributed by atoms with Gasteiger partial charge in [0, 0.05) is 18.8 Å². The van der Waals surface area contributed by atoms with Gasteiger partial charge in [-0.1, -0.05) is 0 Å². The number of carbonyl (C=O) groups is 1. The van der Waals surface area contributed by atoms with Crippen LogP contribution in [-0.2, 0) is 0 Å². The number of benzene rings is 1. The van der Waals surface area contributed by atoms with E-state index in [1.165, 1.54) is 17.0 Å². The van der Waals surface area contributed by atoms with Crippen LogP contribution in [0.25, 0.3) is 0 Å². The quantitative estimate of drug-likeness (QED) is 0.877. The van der Waals surface area contributed by atoms with Crippen molar-refractivity contribution in [3.05, 3.63) is 24.3 Å². The minimum Gasteiger partial charge on any atom is -0.406 e. The third kappa shape index (κ3) is 4.02. The molecule has 1 atom stereocenters. The van der Waals surface area contributed by atoms with Crippen molar-refractivity contribution in [2.45, 2.75) is 18.9 Å². The summed E-state index contributed by atoms with van der Waals surface area (Å²) in [6.07, 6.45) is -4.74. The van der Waals surface area contributed by atoms with Crippen molar-refractivity contribution in [3.8, 4) is 5.75 Å². The summed E-state index contributed by atoms with van der Waals surface area (Å²) in [5.41, 5.74) is 0.353. The Morgan fingerprint density at radius 3 is 2.50 bits per heavy atom. The van der Waals surface area contributed by atoms with Gasteiger partial charge in [0.05, 0.1) is 6.10 Å². The molecule has 1 saturated heterocycles. The van der Waals surface area contributed by atoms with Gasteiger partial charge >= 0.3 is 12.4 Å². The maximum absolute atomic E-state index is 12.0. The van der Waals surface area contributed by atoms with Gasteiger partial charge in [0.1, 0.15) is 5.75 Å². The summed E-state index contributed by atoms with van der Waals surface area (Å²) in [5, 5.41) is 11.8. The molecule has 1 aromatic rings. The molecule has 8 heteroatoms. The minimum absolute atomic E-state index is 0.251. The van der Waals surface area contributed by atoms with E-state index in [2.05, 4.69) is 10.1 Å². The summed E-state index contributed by atoms with van der Waals surface area (Å²) in [4.78, 5) is 13.2. The molecular weight excluding hydrogens is 277 g/mol. The average molecular weight is 290 g/mol. The third-order valence-electron chi connectivity index (χ3n) is 2.79. The Morgan fingerprint density at radius 1 is 1.35 bits per heavy atom. The lowest BCUT2D eigenvalue weighted by Gasteiger charge is -2.16. The first-order valence-corrected chi connectivity index (χ1v) is 5.93. The number of hydrogen-bond acceptors (Lipinski definition) is 3. The lowest BCUT2D eigenvalue weighted by atomic mass is 10.3. The Balaban J connectivity index is 1.92. The number of urea groups is 1. The van der Waals surface area contributed by atoms with Crippen LogP contribution >= 0.6 is 0 Å². The summed E-state index contributed by atoms with van der Waals surface area (Å²) >= 11 is 0. The zero-order valence-corrected chi connectivity index (χ0v) is 10.4. The van der Waals surface area contributed by atoms with Crippen LogP contribution in [0.3, 0.4) is 0 Å². The van der Waals surface area contributed by atoms with Crippen molar-refractivity contribution >= 4 is 11.7 Å². The fourth-order valence-corrected chi connectivity index (χ4v) is 1.87. The summed E-state index contributed by atoms with van der Waals surface area (Å²) in [7, 11) is 0. The largest absolute Gasteiger partial charge is 0.573 e. The molecule has 0 aliphatic carbocycles. The molecule has 20 heavy (non-hydrogen) atoms. The van der Waals surface area contributed by atoms with E-state index in [0.29, 0.717) is 18.7 Å². The van der Waals surface area contributed by atoms with Gasteiger partial charge in [-0.2, -0.15) is 0 Å². The molecule has 1 aromatic carbocycles. The number of carbonyl (C=O) groups excluding carboxylic acids is 1. The van der Waals surface area contributed by atoms with E-state index in [1.54, 1.807) is 0 Å². The molecule has 2 rings (SSSR count). The van der Waals surface area contributed by atoms with Crippen LogP contribution in [0.2, 0.25) is 0 Å². The molecule has 2 amide bonds. The number of ether oxygens (including phenoxy) is 1. The number of amides is 2. The second-order valence-electron chi connectivity index (χ2n) is 4.39. The predicted octanol–water partition coefficient (Wildman–Crippen LogP) is 2.18. The number of nitrogens with zero attached hydrogens (tertiary/aromatic N) is 1. The summed E-state index contributed by atoms with van der Waals surface area (Å²) in [6.45, 7) is 0.698. The molecule has 1 fully saturated rings. The number of aliphatic hydroxyl groups excluding tert-OH is 1. The summed E-state index contributed by atoms with van der Waals surface area (Å²) in [5.74, 6) is -0.355. The van der Waals surface area contributed by atoms with Crippen LogP contribution < -0.4 is 10.1 Å². The van der Waals surface area contributed by atoms with Gasteiger partial charge in [-0.05, 0) is 30.7 Å². The van der Waals surface area contributed by atoms with E-state index >= 15 is 0 Å². The highest BCUT2D eigenvalue weighted by molar-refractivity contribution is 5.89. The molecule has 0 unspecified atom stereocenters. The maximum Gasteiger partial charge on any atom is 0.573 e. The van der Waals surface area contributed by atoms with E-state index < -0.39 is 18.5 Å². The van der Waals surface area contributed by atoms with Crippen molar-refractivity contribution < 1.29 is 27.8 Å². The summed E-state index contributed by atoms with van der Waals surface area (Å²) in [6, 6.07) is 4.45. The Labute approximate surface area is 112 Å². The van der Waals surface area contributed by atoms with Gasteiger partial charge in [-0.3, -0.25) is 0 Å². The number of alkyl halides is 3. The van der Waals surface area contributed by atoms with Crippen LogP contribution in [0.15, 0.2) is 24.3 Å². The van der Waals surface area contributed by atoms with Gasteiger partial charge in [0.15, 0.2) is 0 Å². The first kappa shape index (κ1) is 14.4. The molecule has 0 saturated carbocycles. The van der Waals surface area contributed by atoms with Crippen LogP contribution in [0, 0.1) is 0 Å². The van der Waals surface area contributed by atoms with Gasteiger partial charge < -0.3 is 20.1 Å². The Morgan fingerprint density at radius 2 is 2.00 bits per heavy atom. The molecule has 1 aliphatic rings. The van der Waals surface area contributed by atoms with Crippen LogP contribution in [-0.4, -0.2) is 41.6 Å². The highest BCUT2D eigenvalue weighted by atomic mass is 19.4. The fourth-order valence-electron chi connectivity index (χ4n) is 1.87. The van der Waals surface area contributed by atoms with Crippen molar-refractivity contribution in [1.29, 1.82) is 0 Å². The number of rotatable bonds is 2. The predicted molar refractivity (Wildman–Crippen MR) is 64.3 cm³/mol. The topological polar surface area (TPSA) is 61.8 Å². The molecule has 110 valence electrons. The monoisotopic (exact) mass is 290 g/mol. The molecule has 0 spiro atoms. The molecule has 1 heterocycles. The first-order chi connectivity index (χ1) is 9.33. The number of halogens is 3. The van der Waals surface area contributed by atoms with Crippen LogP contribution in [0.5, 0.6) is 5.75 Å². The first-order valence-electron chi connectivity index (χ1n) is 5.93. The van der Waals surface area contributed by atoms with Crippen LogP contribution in [0.4, 0.5) is 23.7 Å². The van der Waals surface area contributed by atoms with Crippen molar-refractivity contribution in [2.24, 2.45) is 0 Å². The number of β-amino-alcohol motifs (C(OH)–C–C–N with tert-alkyl or cyclic N) is 1. The molecular formula is C12H13F3N2O3. The fraction of sp³-hybridized carbons (Fsp3) is 0.417. The average Bonchev–Trinajstić information content (AvgIpc) is 2.77. The van der Waals surface area contributed by atoms with Crippen molar-refractivity contribution in [2.75, 3.05) is 18.4 Å². The second kappa shape index (κ2) is 5.58. The van der Waals surface area contributed by atoms with Gasteiger partial charge in [0.2, 0.25) is 0 Å². The SMILES string of the molecule is O=C(Nc1ccc(OC(F)(F)F)cc1)N1CC[C@H](O)C1. The Bertz CT molecular complexity index is 476. The van der Waals surface area contributed by atoms with E-state index in [0.717, 1.165) is 12.1 Å². The molecule has 5 nitrogen and oxygen atoms in total. The highest BCUT2D eigenvalue weighted by Crippen LogP contribution is 2.24. The number of nitrogens with one attached hydrogen (secondary N) is 1. The molecule has 0 aromatic heterocycles. The van der Waals surface area contributed by atoms with Crippen molar-refractivity contribution in [3.63, 3.8) is 0 Å². The summed E-state index contributed by atoms with van der Waals surface area (Å²) < 4.78 is 39.6. The van der Waals surface area contributed by atoms with Crippen molar-refractivity contribution in [1.82, 2.24) is 4.90 Å². The van der Waals surface area contributed by atoms with E-state index in [4.69, 9.17) is 0 Å². The normalized spacial score (nSPS) is 19.0. The maximum atomic E-state index is 12.0. The minimum atomic E-state index is -4.74. The highest BCUT2D eigenvalue weighted by Gasteiger charge is 2.31. The molecule has 0 bridgehead atoms. The molecule has 0 radical (unpaired) electrons. The second-order valence-corrected chi connectivity index (χ2v) is 4.39. The van der Waals surface area contributed by atoms with E-state index in [-0.39, 0.29) is 12.3 Å². The number of hydrogen-bond donors (Lipinski definition) is 2. The standard InChI is InChI=1S/C12H13F3N2O3/c13-12(14,15)20-10-3-1-8(2-4-10)16-11(19)17-6-5-9(18)7-17/h1-4,9,18H,5-7H2,(H,16,19)/t9-/m0/s1. The number of likely N-dealkylation sites (tertiary alicyclic amines) is 1. The van der Waals surface area contributed by atoms with E-state index in [9.17, 15) is 23.1 Å². The molecule has 2 N–H and O–H groups in total. The lowest BCUT2D eigenvalue weighted by Crippen LogP contribution is -2.33. The lowest BCUT2D eigenvalue weighted by molar-refractivity contribution is -0.274. The van der Waals surface area contributed by atoms with Gasteiger partial charge in [-0.25, -0.2) is 4.79 Å². The zero-order valence-electron chi connectivity index (χ0n) is 10.4.